The second-order valence-electron chi connectivity index (χ2n) is 4.27. The Bertz CT molecular complexity index is 450. The van der Waals surface area contributed by atoms with Crippen molar-refractivity contribution in [3.05, 3.63) is 28.2 Å². The molecule has 0 unspecified atom stereocenters. The molecule has 0 aliphatic carbocycles. The van der Waals surface area contributed by atoms with Crippen molar-refractivity contribution in [2.24, 2.45) is 0 Å². The molecule has 1 aromatic rings. The lowest BCUT2D eigenvalue weighted by atomic mass is 10.1. The Morgan fingerprint density at radius 3 is 2.56 bits per heavy atom. The van der Waals surface area contributed by atoms with Crippen molar-refractivity contribution in [1.29, 1.82) is 0 Å². The van der Waals surface area contributed by atoms with Gasteiger partial charge in [0.2, 0.25) is 0 Å². The molecule has 0 atom stereocenters. The van der Waals surface area contributed by atoms with Crippen molar-refractivity contribution < 1.29 is 4.79 Å². The summed E-state index contributed by atoms with van der Waals surface area (Å²) >= 11 is 0. The smallest absolute Gasteiger partial charge is 0.271 e. The number of aromatic nitrogens is 2. The Morgan fingerprint density at radius 2 is 2.00 bits per heavy atom. The molecule has 0 aromatic carbocycles. The molecule has 0 spiro atoms. The van der Waals surface area contributed by atoms with Crippen molar-refractivity contribution in [3.63, 3.8) is 0 Å². The van der Waals surface area contributed by atoms with Crippen molar-refractivity contribution >= 4 is 5.91 Å². The molecule has 0 radical (unpaired) electrons. The predicted molar refractivity (Wildman–Crippen MR) is 70.6 cm³/mol. The topological polar surface area (TPSA) is 64.0 Å². The second-order valence-corrected chi connectivity index (χ2v) is 4.27. The fourth-order valence-electron chi connectivity index (χ4n) is 1.69. The zero-order chi connectivity index (χ0) is 13.5. The van der Waals surface area contributed by atoms with E-state index < -0.39 is 0 Å². The highest BCUT2D eigenvalue weighted by molar-refractivity contribution is 5.92. The first-order valence-corrected chi connectivity index (χ1v) is 6.51. The molecule has 0 aliphatic heterocycles. The van der Waals surface area contributed by atoms with Gasteiger partial charge in [-0.25, -0.2) is 4.68 Å². The minimum absolute atomic E-state index is 0.158. The molecule has 1 heterocycles. The van der Waals surface area contributed by atoms with E-state index in [9.17, 15) is 9.59 Å². The SMILES string of the molecule is CCCn1nc(C(=O)NC(CC)CC)ccc1=O. The van der Waals surface area contributed by atoms with Crippen LogP contribution >= 0.6 is 0 Å². The standard InChI is InChI=1S/C13H21N3O2/c1-4-9-16-12(17)8-7-11(15-16)13(18)14-10(5-2)6-3/h7-8,10H,4-6,9H2,1-3H3,(H,14,18). The summed E-state index contributed by atoms with van der Waals surface area (Å²) in [5.41, 5.74) is 0.130. The van der Waals surface area contributed by atoms with Crippen LogP contribution in [-0.2, 0) is 6.54 Å². The third kappa shape index (κ3) is 3.68. The average molecular weight is 251 g/mol. The normalized spacial score (nSPS) is 10.7. The molecule has 0 saturated carbocycles. The number of carbonyl (C=O) groups is 1. The summed E-state index contributed by atoms with van der Waals surface area (Å²) in [5.74, 6) is -0.214. The first-order valence-electron chi connectivity index (χ1n) is 6.51. The van der Waals surface area contributed by atoms with Crippen LogP contribution in [0.15, 0.2) is 16.9 Å². The van der Waals surface area contributed by atoms with Gasteiger partial charge in [0.1, 0.15) is 5.69 Å². The van der Waals surface area contributed by atoms with E-state index in [1.807, 2.05) is 20.8 Å². The number of aryl methyl sites for hydroxylation is 1. The molecule has 0 aliphatic rings. The summed E-state index contributed by atoms with van der Waals surface area (Å²) in [7, 11) is 0. The quantitative estimate of drug-likeness (QED) is 0.834. The van der Waals surface area contributed by atoms with E-state index in [0.717, 1.165) is 19.3 Å². The minimum Gasteiger partial charge on any atom is -0.348 e. The van der Waals surface area contributed by atoms with E-state index >= 15 is 0 Å². The van der Waals surface area contributed by atoms with E-state index in [0.29, 0.717) is 12.2 Å². The Morgan fingerprint density at radius 1 is 1.33 bits per heavy atom. The van der Waals surface area contributed by atoms with Crippen molar-refractivity contribution in [2.75, 3.05) is 0 Å². The van der Waals surface area contributed by atoms with Gasteiger partial charge in [-0.15, -0.1) is 0 Å². The summed E-state index contributed by atoms with van der Waals surface area (Å²) < 4.78 is 1.34. The summed E-state index contributed by atoms with van der Waals surface area (Å²) in [4.78, 5) is 23.4. The van der Waals surface area contributed by atoms with Crippen molar-refractivity contribution in [3.8, 4) is 0 Å². The monoisotopic (exact) mass is 251 g/mol. The Hall–Kier alpha value is -1.65. The van der Waals surface area contributed by atoms with Crippen LogP contribution in [0.5, 0.6) is 0 Å². The molecule has 0 bridgehead atoms. The number of hydrogen-bond donors (Lipinski definition) is 1. The lowest BCUT2D eigenvalue weighted by Gasteiger charge is -2.14. The molecule has 0 fully saturated rings. The van der Waals surface area contributed by atoms with Gasteiger partial charge in [0.15, 0.2) is 0 Å². The lowest BCUT2D eigenvalue weighted by Crippen LogP contribution is -2.36. The van der Waals surface area contributed by atoms with Gasteiger partial charge in [-0.05, 0) is 25.3 Å². The highest BCUT2D eigenvalue weighted by Crippen LogP contribution is 1.99. The van der Waals surface area contributed by atoms with Crippen LogP contribution in [0.1, 0.15) is 50.5 Å². The highest BCUT2D eigenvalue weighted by atomic mass is 16.2. The number of carbonyl (C=O) groups excluding carboxylic acids is 1. The minimum atomic E-state index is -0.214. The Labute approximate surface area is 107 Å². The highest BCUT2D eigenvalue weighted by Gasteiger charge is 2.12. The second kappa shape index (κ2) is 6.93. The van der Waals surface area contributed by atoms with Gasteiger partial charge < -0.3 is 5.32 Å². The first-order chi connectivity index (χ1) is 8.62. The van der Waals surface area contributed by atoms with Crippen LogP contribution in [0.25, 0.3) is 0 Å². The van der Waals surface area contributed by atoms with Gasteiger partial charge in [-0.2, -0.15) is 5.10 Å². The summed E-state index contributed by atoms with van der Waals surface area (Å²) in [5, 5.41) is 6.98. The van der Waals surface area contributed by atoms with Crippen LogP contribution in [0.4, 0.5) is 0 Å². The summed E-state index contributed by atoms with van der Waals surface area (Å²) in [6.07, 6.45) is 2.58. The predicted octanol–water partition coefficient (Wildman–Crippen LogP) is 1.57. The molecule has 100 valence electrons. The molecular formula is C13H21N3O2. The average Bonchev–Trinajstić information content (AvgIpc) is 2.38. The van der Waals surface area contributed by atoms with E-state index in [4.69, 9.17) is 0 Å². The molecule has 5 heteroatoms. The molecule has 1 rings (SSSR count). The zero-order valence-electron chi connectivity index (χ0n) is 11.3. The molecule has 5 nitrogen and oxygen atoms in total. The number of amides is 1. The van der Waals surface area contributed by atoms with Gasteiger partial charge >= 0.3 is 0 Å². The first kappa shape index (κ1) is 14.4. The summed E-state index contributed by atoms with van der Waals surface area (Å²) in [6, 6.07) is 3.03. The number of nitrogens with zero attached hydrogens (tertiary/aromatic N) is 2. The fourth-order valence-corrected chi connectivity index (χ4v) is 1.69. The molecule has 1 N–H and O–H groups in total. The number of rotatable bonds is 6. The van der Waals surface area contributed by atoms with E-state index in [2.05, 4.69) is 10.4 Å². The lowest BCUT2D eigenvalue weighted by molar-refractivity contribution is 0.0927. The fraction of sp³-hybridized carbons (Fsp3) is 0.615. The maximum absolute atomic E-state index is 12.0. The van der Waals surface area contributed by atoms with Crippen LogP contribution in [0.2, 0.25) is 0 Å². The Balaban J connectivity index is 2.86. The van der Waals surface area contributed by atoms with E-state index in [-0.39, 0.29) is 17.5 Å². The van der Waals surface area contributed by atoms with Crippen LogP contribution < -0.4 is 10.9 Å². The Kier molecular flexibility index (Phi) is 5.55. The molecule has 0 saturated heterocycles. The molecule has 18 heavy (non-hydrogen) atoms. The van der Waals surface area contributed by atoms with Gasteiger partial charge in [-0.3, -0.25) is 9.59 Å². The maximum atomic E-state index is 12.0. The van der Waals surface area contributed by atoms with Gasteiger partial charge in [0.05, 0.1) is 0 Å². The van der Waals surface area contributed by atoms with Crippen LogP contribution in [0, 0.1) is 0 Å². The molecule has 1 amide bonds. The molecular weight excluding hydrogens is 230 g/mol. The summed E-state index contributed by atoms with van der Waals surface area (Å²) in [6.45, 7) is 6.55. The van der Waals surface area contributed by atoms with Gasteiger partial charge in [0.25, 0.3) is 11.5 Å². The van der Waals surface area contributed by atoms with Crippen molar-refractivity contribution in [1.82, 2.24) is 15.1 Å². The third-order valence-electron chi connectivity index (χ3n) is 2.86. The molecule has 1 aromatic heterocycles. The van der Waals surface area contributed by atoms with Gasteiger partial charge in [-0.1, -0.05) is 20.8 Å². The van der Waals surface area contributed by atoms with E-state index in [1.165, 1.54) is 16.8 Å². The van der Waals surface area contributed by atoms with Crippen LogP contribution in [0.3, 0.4) is 0 Å². The zero-order valence-corrected chi connectivity index (χ0v) is 11.3. The maximum Gasteiger partial charge on any atom is 0.271 e. The van der Waals surface area contributed by atoms with Crippen molar-refractivity contribution in [2.45, 2.75) is 52.6 Å². The van der Waals surface area contributed by atoms with E-state index in [1.54, 1.807) is 0 Å². The number of hydrogen-bond acceptors (Lipinski definition) is 3. The van der Waals surface area contributed by atoms with Gasteiger partial charge in [0, 0.05) is 18.7 Å². The number of nitrogens with one attached hydrogen (secondary N) is 1. The van der Waals surface area contributed by atoms with Crippen LogP contribution in [-0.4, -0.2) is 21.7 Å². The largest absolute Gasteiger partial charge is 0.348 e. The third-order valence-corrected chi connectivity index (χ3v) is 2.86.